The second kappa shape index (κ2) is 12.4. The lowest BCUT2D eigenvalue weighted by Gasteiger charge is -2.31. The summed E-state index contributed by atoms with van der Waals surface area (Å²) < 4.78 is 13.8. The molecule has 0 saturated heterocycles. The van der Waals surface area contributed by atoms with Crippen molar-refractivity contribution in [2.24, 2.45) is 10.2 Å². The first kappa shape index (κ1) is 28.1. The quantitative estimate of drug-likeness (QED) is 0.0592. The van der Waals surface area contributed by atoms with E-state index >= 15 is 0 Å². The Labute approximate surface area is 253 Å². The van der Waals surface area contributed by atoms with Crippen LogP contribution in [-0.2, 0) is 0 Å². The van der Waals surface area contributed by atoms with Crippen LogP contribution in [0, 0.1) is 11.2 Å². The molecule has 0 fully saturated rings. The van der Waals surface area contributed by atoms with Crippen LogP contribution >= 0.6 is 11.2 Å². The van der Waals surface area contributed by atoms with Gasteiger partial charge < -0.3 is 10.1 Å². The first-order chi connectivity index (χ1) is 21.0. The highest BCUT2D eigenvalue weighted by molar-refractivity contribution is 8.42. The van der Waals surface area contributed by atoms with Crippen LogP contribution in [0.25, 0.3) is 22.7 Å². The molecule has 0 amide bonds. The SMILES string of the molecule is N=C(N=N/C(=C\c1c(O)[nH]c2ccccc12)c1ccc(F)cc1)S[Si](c1ccccc1)(c1ccccc1)c1ccccc1. The molecule has 0 spiro atoms. The van der Waals surface area contributed by atoms with Gasteiger partial charge >= 0.3 is 0 Å². The molecular weight excluding hydrogens is 572 g/mol. The summed E-state index contributed by atoms with van der Waals surface area (Å²) in [6.07, 6.45) is 1.71. The lowest BCUT2D eigenvalue weighted by molar-refractivity contribution is 0.457. The predicted octanol–water partition coefficient (Wildman–Crippen LogP) is 7.30. The number of aromatic hydroxyl groups is 1. The smallest absolute Gasteiger partial charge is 0.219 e. The van der Waals surface area contributed by atoms with Gasteiger partial charge in [-0.1, -0.05) is 120 Å². The standard InChI is InChI=1S/C35H27FN4OSSi/c36-26-22-20-25(21-23-26)33(24-31-30-18-10-11-19-32(30)38-34(31)41)39-40-35(37)42-43(27-12-4-1-5-13-27,28-14-6-2-7-15-28)29-16-8-3-9-17-29/h1-24,37-38,41H/b33-24-,37-35?,40-39?. The zero-order chi connectivity index (χ0) is 29.6. The molecule has 3 N–H and O–H groups in total. The summed E-state index contributed by atoms with van der Waals surface area (Å²) in [5.74, 6) is -0.383. The monoisotopic (exact) mass is 598 g/mol. The molecule has 0 unspecified atom stereocenters. The van der Waals surface area contributed by atoms with E-state index in [1.54, 1.807) is 18.2 Å². The van der Waals surface area contributed by atoms with Crippen LogP contribution in [-0.4, -0.2) is 22.5 Å². The zero-order valence-corrected chi connectivity index (χ0v) is 24.8. The Morgan fingerprint density at radius 2 is 1.21 bits per heavy atom. The summed E-state index contributed by atoms with van der Waals surface area (Å²) >= 11 is 1.42. The number of hydrogen-bond donors (Lipinski definition) is 3. The summed E-state index contributed by atoms with van der Waals surface area (Å²) in [6, 6.07) is 44.3. The fourth-order valence-electron chi connectivity index (χ4n) is 5.18. The van der Waals surface area contributed by atoms with Gasteiger partial charge in [0.05, 0.1) is 5.70 Å². The fourth-order valence-corrected chi connectivity index (χ4v) is 12.2. The van der Waals surface area contributed by atoms with E-state index < -0.39 is 7.22 Å². The number of fused-ring (bicyclic) bond motifs is 1. The van der Waals surface area contributed by atoms with E-state index in [-0.39, 0.29) is 16.9 Å². The van der Waals surface area contributed by atoms with Crippen molar-refractivity contribution in [3.8, 4) is 5.88 Å². The summed E-state index contributed by atoms with van der Waals surface area (Å²) in [6.45, 7) is 0. The van der Waals surface area contributed by atoms with Gasteiger partial charge in [0.15, 0.2) is 11.0 Å². The summed E-state index contributed by atoms with van der Waals surface area (Å²) in [5, 5.41) is 33.0. The molecule has 1 heterocycles. The third-order valence-corrected chi connectivity index (χ3v) is 14.8. The zero-order valence-electron chi connectivity index (χ0n) is 23.0. The minimum atomic E-state index is -2.83. The topological polar surface area (TPSA) is 84.6 Å². The maximum atomic E-state index is 13.8. The molecule has 0 aliphatic carbocycles. The van der Waals surface area contributed by atoms with Crippen LogP contribution in [0.1, 0.15) is 11.1 Å². The van der Waals surface area contributed by atoms with Crippen LogP contribution in [0.3, 0.4) is 0 Å². The number of amidine groups is 1. The molecule has 8 heteroatoms. The van der Waals surface area contributed by atoms with Crippen molar-refractivity contribution < 1.29 is 9.50 Å². The van der Waals surface area contributed by atoms with E-state index in [4.69, 9.17) is 5.41 Å². The van der Waals surface area contributed by atoms with E-state index in [1.807, 2.05) is 78.9 Å². The van der Waals surface area contributed by atoms with Crippen LogP contribution in [0.2, 0.25) is 0 Å². The number of rotatable bonds is 7. The first-order valence-corrected chi connectivity index (χ1v) is 17.2. The summed E-state index contributed by atoms with van der Waals surface area (Å²) in [7, 11) is -2.83. The van der Waals surface area contributed by atoms with Crippen LogP contribution < -0.4 is 15.6 Å². The van der Waals surface area contributed by atoms with Crippen LogP contribution in [0.4, 0.5) is 4.39 Å². The van der Waals surface area contributed by atoms with Gasteiger partial charge in [-0.05, 0) is 52.0 Å². The molecule has 43 heavy (non-hydrogen) atoms. The Balaban J connectivity index is 1.45. The number of hydrogen-bond acceptors (Lipinski definition) is 4. The third kappa shape index (κ3) is 5.83. The van der Waals surface area contributed by atoms with Crippen molar-refractivity contribution in [3.63, 3.8) is 0 Å². The van der Waals surface area contributed by atoms with E-state index in [0.29, 0.717) is 16.8 Å². The average molecular weight is 599 g/mol. The number of H-pyrrole nitrogens is 1. The van der Waals surface area contributed by atoms with Crippen molar-refractivity contribution >= 4 is 61.8 Å². The minimum absolute atomic E-state index is 0.0101. The molecule has 0 saturated carbocycles. The highest BCUT2D eigenvalue weighted by Crippen LogP contribution is 2.32. The number of nitrogens with one attached hydrogen (secondary N) is 2. The highest BCUT2D eigenvalue weighted by Gasteiger charge is 2.42. The number of aromatic amines is 1. The van der Waals surface area contributed by atoms with Gasteiger partial charge in [-0.15, -0.1) is 10.2 Å². The normalized spacial score (nSPS) is 12.2. The van der Waals surface area contributed by atoms with Crippen LogP contribution in [0.15, 0.2) is 150 Å². The predicted molar refractivity (Wildman–Crippen MR) is 178 cm³/mol. The number of azo groups is 1. The maximum absolute atomic E-state index is 13.8. The number of benzene rings is 5. The summed E-state index contributed by atoms with van der Waals surface area (Å²) in [4.78, 5) is 2.98. The molecular formula is C35H27FN4OSSi. The molecule has 6 rings (SSSR count). The van der Waals surface area contributed by atoms with Gasteiger partial charge in [0.2, 0.25) is 7.22 Å². The molecule has 5 aromatic carbocycles. The molecule has 210 valence electrons. The van der Waals surface area contributed by atoms with Crippen molar-refractivity contribution in [2.75, 3.05) is 0 Å². The van der Waals surface area contributed by atoms with Crippen molar-refractivity contribution in [1.29, 1.82) is 5.41 Å². The van der Waals surface area contributed by atoms with Crippen LogP contribution in [0.5, 0.6) is 5.88 Å². The molecule has 0 atom stereocenters. The first-order valence-electron chi connectivity index (χ1n) is 13.7. The van der Waals surface area contributed by atoms with Gasteiger partial charge in [0.25, 0.3) is 0 Å². The van der Waals surface area contributed by atoms with Gasteiger partial charge in [-0.25, -0.2) is 4.39 Å². The second-order valence-corrected chi connectivity index (χ2v) is 16.0. The Bertz CT molecular complexity index is 1830. The minimum Gasteiger partial charge on any atom is -0.494 e. The molecule has 5 nitrogen and oxygen atoms in total. The number of para-hydroxylation sites is 1. The Morgan fingerprint density at radius 3 is 1.77 bits per heavy atom. The molecule has 0 bridgehead atoms. The largest absolute Gasteiger partial charge is 0.494 e. The van der Waals surface area contributed by atoms with Gasteiger partial charge in [-0.3, -0.25) is 5.41 Å². The van der Waals surface area contributed by atoms with Crippen molar-refractivity contribution in [2.45, 2.75) is 0 Å². The van der Waals surface area contributed by atoms with E-state index in [1.165, 1.54) is 23.3 Å². The molecule has 1 aromatic heterocycles. The lowest BCUT2D eigenvalue weighted by atomic mass is 10.1. The third-order valence-electron chi connectivity index (χ3n) is 7.19. The molecule has 0 aliphatic heterocycles. The van der Waals surface area contributed by atoms with Crippen molar-refractivity contribution in [1.82, 2.24) is 4.98 Å². The summed E-state index contributed by atoms with van der Waals surface area (Å²) in [5.41, 5.74) is 2.30. The number of aromatic nitrogens is 1. The highest BCUT2D eigenvalue weighted by atomic mass is 32.4. The van der Waals surface area contributed by atoms with E-state index in [2.05, 4.69) is 51.6 Å². The molecule has 0 radical (unpaired) electrons. The number of halogens is 1. The fraction of sp³-hybridized carbons (Fsp3) is 0. The second-order valence-electron chi connectivity index (χ2n) is 9.86. The van der Waals surface area contributed by atoms with Gasteiger partial charge in [0.1, 0.15) is 5.82 Å². The maximum Gasteiger partial charge on any atom is 0.219 e. The van der Waals surface area contributed by atoms with Gasteiger partial charge in [0, 0.05) is 22.0 Å². The Morgan fingerprint density at radius 1 is 0.698 bits per heavy atom. The van der Waals surface area contributed by atoms with E-state index in [0.717, 1.165) is 26.5 Å². The van der Waals surface area contributed by atoms with Crippen molar-refractivity contribution in [3.05, 3.63) is 156 Å². The van der Waals surface area contributed by atoms with Gasteiger partial charge in [-0.2, -0.15) is 0 Å². The molecule has 6 aromatic rings. The average Bonchev–Trinajstić information content (AvgIpc) is 3.38. The Kier molecular flexibility index (Phi) is 8.13. The molecule has 0 aliphatic rings. The lowest BCUT2D eigenvalue weighted by Crippen LogP contribution is -2.65. The Hall–Kier alpha value is -5.05. The van der Waals surface area contributed by atoms with E-state index in [9.17, 15) is 9.50 Å². The number of nitrogens with zero attached hydrogens (tertiary/aromatic N) is 2.